The average molecular weight is 472 g/mol. The molecule has 2 N–H and O–H groups in total. The number of carbonyl (C=O) groups excluding carboxylic acids is 2. The van der Waals surface area contributed by atoms with E-state index in [9.17, 15) is 14.7 Å². The first-order valence-corrected chi connectivity index (χ1v) is 10.9. The zero-order valence-electron chi connectivity index (χ0n) is 19.4. The van der Waals surface area contributed by atoms with Gasteiger partial charge in [-0.2, -0.15) is 0 Å². The van der Waals surface area contributed by atoms with Crippen LogP contribution in [-0.2, 0) is 14.3 Å². The molecule has 0 aromatic heterocycles. The van der Waals surface area contributed by atoms with Crippen LogP contribution >= 0.6 is 0 Å². The van der Waals surface area contributed by atoms with Crippen LogP contribution in [0.25, 0.3) is 5.76 Å². The Hall–Kier alpha value is -3.56. The van der Waals surface area contributed by atoms with Gasteiger partial charge in [-0.3, -0.25) is 9.59 Å². The van der Waals surface area contributed by atoms with E-state index in [-0.39, 0.29) is 37.7 Å². The van der Waals surface area contributed by atoms with Crippen molar-refractivity contribution >= 4 is 17.4 Å². The molecule has 0 unspecified atom stereocenters. The highest BCUT2D eigenvalue weighted by Crippen LogP contribution is 2.43. The molecule has 0 aliphatic carbocycles. The molecule has 2 aromatic rings. The summed E-state index contributed by atoms with van der Waals surface area (Å²) in [7, 11) is 2.99. The number of amides is 1. The van der Waals surface area contributed by atoms with Gasteiger partial charge in [0.15, 0.2) is 0 Å². The fourth-order valence-electron chi connectivity index (χ4n) is 3.85. The number of hydrogen-bond donors (Lipinski definition) is 2. The molecule has 1 saturated heterocycles. The summed E-state index contributed by atoms with van der Waals surface area (Å²) in [6.45, 7) is 2.45. The van der Waals surface area contributed by atoms with E-state index in [1.165, 1.54) is 19.1 Å². The van der Waals surface area contributed by atoms with E-state index in [0.717, 1.165) is 0 Å². The summed E-state index contributed by atoms with van der Waals surface area (Å²) >= 11 is 0. The van der Waals surface area contributed by atoms with Crippen LogP contribution in [-0.4, -0.2) is 74.0 Å². The van der Waals surface area contributed by atoms with E-state index in [4.69, 9.17) is 24.1 Å². The van der Waals surface area contributed by atoms with Gasteiger partial charge < -0.3 is 34.1 Å². The molecule has 0 bridgehead atoms. The summed E-state index contributed by atoms with van der Waals surface area (Å²) in [6, 6.07) is 10.7. The Morgan fingerprint density at radius 2 is 1.71 bits per heavy atom. The topological polar surface area (TPSA) is 115 Å². The Morgan fingerprint density at radius 3 is 2.32 bits per heavy atom. The number of rotatable bonds is 11. The molecular weight excluding hydrogens is 442 g/mol. The predicted octanol–water partition coefficient (Wildman–Crippen LogP) is 2.53. The minimum atomic E-state index is -0.936. The fourth-order valence-corrected chi connectivity index (χ4v) is 3.85. The first-order chi connectivity index (χ1) is 16.5. The summed E-state index contributed by atoms with van der Waals surface area (Å²) in [5, 5.41) is 20.1. The molecule has 0 spiro atoms. The summed E-state index contributed by atoms with van der Waals surface area (Å²) in [6.07, 6.45) is 0. The number of aliphatic hydroxyl groups excluding tert-OH is 2. The number of likely N-dealkylation sites (tertiary alicyclic amines) is 1. The number of methoxy groups -OCH3 is 2. The highest BCUT2D eigenvalue weighted by atomic mass is 16.5. The third-order valence-electron chi connectivity index (χ3n) is 5.42. The highest BCUT2D eigenvalue weighted by molar-refractivity contribution is 6.46. The van der Waals surface area contributed by atoms with Gasteiger partial charge in [0.1, 0.15) is 23.0 Å². The molecule has 1 amide bonds. The SMILES string of the molecule is CCOc1ccc(C(O)=C2C(=O)C(=O)N(CCOCCO)[C@H]2c2cc(OC)ccc2OC)cc1. The van der Waals surface area contributed by atoms with Crippen molar-refractivity contribution in [2.45, 2.75) is 13.0 Å². The Labute approximate surface area is 198 Å². The lowest BCUT2D eigenvalue weighted by Crippen LogP contribution is -2.33. The van der Waals surface area contributed by atoms with Gasteiger partial charge in [-0.25, -0.2) is 0 Å². The van der Waals surface area contributed by atoms with E-state index in [1.54, 1.807) is 42.5 Å². The van der Waals surface area contributed by atoms with E-state index in [2.05, 4.69) is 0 Å². The number of benzene rings is 2. The zero-order valence-corrected chi connectivity index (χ0v) is 19.4. The van der Waals surface area contributed by atoms with Crippen LogP contribution in [0.3, 0.4) is 0 Å². The molecular formula is C25H29NO8. The van der Waals surface area contributed by atoms with Gasteiger partial charge >= 0.3 is 0 Å². The van der Waals surface area contributed by atoms with E-state index < -0.39 is 17.7 Å². The van der Waals surface area contributed by atoms with Gasteiger partial charge in [0.2, 0.25) is 0 Å². The molecule has 1 aliphatic heterocycles. The number of nitrogens with zero attached hydrogens (tertiary/aromatic N) is 1. The zero-order chi connectivity index (χ0) is 24.7. The van der Waals surface area contributed by atoms with E-state index >= 15 is 0 Å². The molecule has 1 heterocycles. The summed E-state index contributed by atoms with van der Waals surface area (Å²) in [4.78, 5) is 27.5. The molecule has 1 fully saturated rings. The monoisotopic (exact) mass is 471 g/mol. The van der Waals surface area contributed by atoms with Gasteiger partial charge in [-0.05, 0) is 49.4 Å². The van der Waals surface area contributed by atoms with Gasteiger partial charge in [0.25, 0.3) is 11.7 Å². The minimum absolute atomic E-state index is 0.0651. The Morgan fingerprint density at radius 1 is 1.00 bits per heavy atom. The molecule has 0 radical (unpaired) electrons. The molecule has 1 aliphatic rings. The molecule has 9 heteroatoms. The van der Waals surface area contributed by atoms with Crippen molar-refractivity contribution in [1.82, 2.24) is 4.90 Å². The second-order valence-corrected chi connectivity index (χ2v) is 7.39. The lowest BCUT2D eigenvalue weighted by molar-refractivity contribution is -0.140. The molecule has 182 valence electrons. The molecule has 2 aromatic carbocycles. The Balaban J connectivity index is 2.13. The second kappa shape index (κ2) is 11.5. The van der Waals surface area contributed by atoms with Crippen molar-refractivity contribution in [3.8, 4) is 17.2 Å². The predicted molar refractivity (Wildman–Crippen MR) is 124 cm³/mol. The summed E-state index contributed by atoms with van der Waals surface area (Å²) < 4.78 is 21.6. The van der Waals surface area contributed by atoms with Crippen molar-refractivity contribution in [2.24, 2.45) is 0 Å². The molecule has 0 saturated carbocycles. The average Bonchev–Trinajstić information content (AvgIpc) is 3.11. The van der Waals surface area contributed by atoms with Gasteiger partial charge in [0, 0.05) is 17.7 Å². The minimum Gasteiger partial charge on any atom is -0.507 e. The van der Waals surface area contributed by atoms with Crippen LogP contribution in [0.15, 0.2) is 48.0 Å². The lowest BCUT2D eigenvalue weighted by Gasteiger charge is -2.26. The first-order valence-electron chi connectivity index (χ1n) is 10.9. The van der Waals surface area contributed by atoms with Crippen LogP contribution in [0, 0.1) is 0 Å². The van der Waals surface area contributed by atoms with Crippen LogP contribution < -0.4 is 14.2 Å². The molecule has 9 nitrogen and oxygen atoms in total. The third kappa shape index (κ3) is 5.16. The summed E-state index contributed by atoms with van der Waals surface area (Å²) in [5.74, 6) is -0.356. The van der Waals surface area contributed by atoms with Crippen LogP contribution in [0.5, 0.6) is 17.2 Å². The summed E-state index contributed by atoms with van der Waals surface area (Å²) in [5.41, 5.74) is 0.781. The first kappa shape index (κ1) is 25.1. The van der Waals surface area contributed by atoms with E-state index in [0.29, 0.717) is 35.0 Å². The van der Waals surface area contributed by atoms with Crippen molar-refractivity contribution in [3.63, 3.8) is 0 Å². The maximum atomic E-state index is 13.1. The Kier molecular flexibility index (Phi) is 8.50. The lowest BCUT2D eigenvalue weighted by atomic mass is 9.94. The van der Waals surface area contributed by atoms with Gasteiger partial charge in [0.05, 0.1) is 52.3 Å². The molecule has 34 heavy (non-hydrogen) atoms. The number of aliphatic hydroxyl groups is 2. The van der Waals surface area contributed by atoms with Crippen LogP contribution in [0.1, 0.15) is 24.1 Å². The molecule has 3 rings (SSSR count). The largest absolute Gasteiger partial charge is 0.507 e. The second-order valence-electron chi connectivity index (χ2n) is 7.39. The number of carbonyl (C=O) groups is 2. The fraction of sp³-hybridized carbons (Fsp3) is 0.360. The number of hydrogen-bond acceptors (Lipinski definition) is 8. The third-order valence-corrected chi connectivity index (χ3v) is 5.42. The van der Waals surface area contributed by atoms with Crippen molar-refractivity contribution in [1.29, 1.82) is 0 Å². The van der Waals surface area contributed by atoms with E-state index in [1.807, 2.05) is 6.92 Å². The molecule has 1 atom stereocenters. The van der Waals surface area contributed by atoms with Crippen LogP contribution in [0.2, 0.25) is 0 Å². The smallest absolute Gasteiger partial charge is 0.295 e. The van der Waals surface area contributed by atoms with Crippen molar-refractivity contribution in [2.75, 3.05) is 47.2 Å². The van der Waals surface area contributed by atoms with Gasteiger partial charge in [-0.1, -0.05) is 0 Å². The normalized spacial score (nSPS) is 17.2. The quantitative estimate of drug-likeness (QED) is 0.222. The highest BCUT2D eigenvalue weighted by Gasteiger charge is 2.47. The number of ether oxygens (including phenoxy) is 4. The maximum Gasteiger partial charge on any atom is 0.295 e. The van der Waals surface area contributed by atoms with Crippen molar-refractivity contribution < 1.29 is 38.7 Å². The van der Waals surface area contributed by atoms with Crippen molar-refractivity contribution in [3.05, 3.63) is 59.2 Å². The maximum absolute atomic E-state index is 13.1. The number of ketones is 1. The van der Waals surface area contributed by atoms with Crippen LogP contribution in [0.4, 0.5) is 0 Å². The Bertz CT molecular complexity index is 1050. The standard InChI is InChI=1S/C25H29NO8/c1-4-34-17-7-5-16(6-8-17)23(28)21-22(19-15-18(31-2)9-10-20(19)32-3)26(25(30)24(21)29)11-13-33-14-12-27/h5-10,15,22,27-28H,4,11-14H2,1-3H3/t22-/m0/s1. The number of Topliss-reactive ketones (excluding diaryl/α,β-unsaturated/α-hetero) is 1. The van der Waals surface area contributed by atoms with Gasteiger partial charge in [-0.15, -0.1) is 0 Å².